The van der Waals surface area contributed by atoms with Gasteiger partial charge in [-0.3, -0.25) is 4.99 Å². The zero-order chi connectivity index (χ0) is 20.6. The smallest absolute Gasteiger partial charge is 0.191 e. The van der Waals surface area contributed by atoms with Crippen LogP contribution in [-0.4, -0.2) is 56.7 Å². The summed E-state index contributed by atoms with van der Waals surface area (Å²) in [4.78, 5) is 9.55. The van der Waals surface area contributed by atoms with Crippen LogP contribution in [0.25, 0.3) is 0 Å². The fraction of sp³-hybridized carbons (Fsp3) is 0.640. The molecule has 1 aromatic carbocycles. The fourth-order valence-corrected chi connectivity index (χ4v) is 5.12. The highest BCUT2D eigenvalue weighted by Crippen LogP contribution is 2.25. The van der Waals surface area contributed by atoms with Crippen LogP contribution >= 0.6 is 0 Å². The molecule has 5 nitrogen and oxygen atoms in total. The summed E-state index contributed by atoms with van der Waals surface area (Å²) in [5, 5.41) is 7.18. The highest BCUT2D eigenvalue weighted by molar-refractivity contribution is 5.80. The van der Waals surface area contributed by atoms with E-state index in [-0.39, 0.29) is 0 Å². The first-order valence-corrected chi connectivity index (χ1v) is 12.0. The summed E-state index contributed by atoms with van der Waals surface area (Å²) in [5.41, 5.74) is 2.59. The van der Waals surface area contributed by atoms with Gasteiger partial charge in [-0.25, -0.2) is 0 Å². The molecule has 0 amide bonds. The van der Waals surface area contributed by atoms with E-state index in [4.69, 9.17) is 0 Å². The quantitative estimate of drug-likeness (QED) is 0.426. The Kier molecular flexibility index (Phi) is 7.68. The summed E-state index contributed by atoms with van der Waals surface area (Å²) in [6.07, 6.45) is 14.1. The summed E-state index contributed by atoms with van der Waals surface area (Å²) in [6.45, 7) is 6.59. The molecular weight excluding hydrogens is 370 g/mol. The molecule has 0 spiro atoms. The van der Waals surface area contributed by atoms with Gasteiger partial charge in [-0.15, -0.1) is 0 Å². The lowest BCUT2D eigenvalue weighted by Crippen LogP contribution is -2.49. The van der Waals surface area contributed by atoms with E-state index < -0.39 is 0 Å². The Morgan fingerprint density at radius 3 is 2.53 bits per heavy atom. The summed E-state index contributed by atoms with van der Waals surface area (Å²) >= 11 is 0. The van der Waals surface area contributed by atoms with Crippen LogP contribution in [0.3, 0.4) is 0 Å². The number of anilines is 1. The number of piperidine rings is 1. The van der Waals surface area contributed by atoms with Gasteiger partial charge in [0.25, 0.3) is 0 Å². The molecule has 30 heavy (non-hydrogen) atoms. The second-order valence-electron chi connectivity index (χ2n) is 9.20. The van der Waals surface area contributed by atoms with Crippen LogP contribution in [0.4, 0.5) is 5.69 Å². The second-order valence-corrected chi connectivity index (χ2v) is 9.20. The Morgan fingerprint density at radius 2 is 1.80 bits per heavy atom. The van der Waals surface area contributed by atoms with E-state index in [1.807, 2.05) is 7.05 Å². The van der Waals surface area contributed by atoms with E-state index in [9.17, 15) is 0 Å². The van der Waals surface area contributed by atoms with Crippen molar-refractivity contribution >= 4 is 11.6 Å². The van der Waals surface area contributed by atoms with Crippen molar-refractivity contribution in [2.45, 2.75) is 57.5 Å². The number of likely N-dealkylation sites (tertiary alicyclic amines) is 1. The van der Waals surface area contributed by atoms with Crippen LogP contribution in [-0.2, 0) is 6.54 Å². The maximum absolute atomic E-state index is 4.47. The van der Waals surface area contributed by atoms with E-state index >= 15 is 0 Å². The maximum Gasteiger partial charge on any atom is 0.191 e. The van der Waals surface area contributed by atoms with Crippen LogP contribution in [0.5, 0.6) is 0 Å². The van der Waals surface area contributed by atoms with E-state index in [2.05, 4.69) is 61.8 Å². The summed E-state index contributed by atoms with van der Waals surface area (Å²) in [7, 11) is 1.87. The molecule has 2 fully saturated rings. The van der Waals surface area contributed by atoms with Crippen molar-refractivity contribution in [1.29, 1.82) is 0 Å². The van der Waals surface area contributed by atoms with Crippen molar-refractivity contribution in [3.63, 3.8) is 0 Å². The Morgan fingerprint density at radius 1 is 1.03 bits per heavy atom. The minimum absolute atomic E-state index is 0.529. The zero-order valence-corrected chi connectivity index (χ0v) is 18.7. The number of nitrogens with zero attached hydrogens (tertiary/aromatic N) is 3. The molecule has 1 saturated carbocycles. The summed E-state index contributed by atoms with van der Waals surface area (Å²) < 4.78 is 0. The molecule has 0 bridgehead atoms. The maximum atomic E-state index is 4.47. The fourth-order valence-electron chi connectivity index (χ4n) is 5.12. The Balaban J connectivity index is 1.19. The number of guanidine groups is 1. The minimum Gasteiger partial charge on any atom is -0.364 e. The molecule has 0 radical (unpaired) electrons. The topological polar surface area (TPSA) is 42.9 Å². The van der Waals surface area contributed by atoms with Gasteiger partial charge in [-0.2, -0.15) is 0 Å². The molecule has 5 heteroatoms. The SMILES string of the molecule is CN=C(NCc1cccc(N2CC=CC2)c1)NC1CCN(CC2CCCCC2)CC1. The van der Waals surface area contributed by atoms with Gasteiger partial charge in [0.1, 0.15) is 0 Å². The van der Waals surface area contributed by atoms with Gasteiger partial charge in [0.2, 0.25) is 0 Å². The molecule has 4 rings (SSSR count). The van der Waals surface area contributed by atoms with Gasteiger partial charge in [0.05, 0.1) is 0 Å². The number of aliphatic imine (C=N–C) groups is 1. The van der Waals surface area contributed by atoms with Gasteiger partial charge in [0.15, 0.2) is 5.96 Å². The number of rotatable bonds is 6. The number of nitrogens with one attached hydrogen (secondary N) is 2. The van der Waals surface area contributed by atoms with Gasteiger partial charge < -0.3 is 20.4 Å². The molecule has 2 N–H and O–H groups in total. The summed E-state index contributed by atoms with van der Waals surface area (Å²) in [5.74, 6) is 1.87. The van der Waals surface area contributed by atoms with Crippen molar-refractivity contribution in [2.75, 3.05) is 44.7 Å². The van der Waals surface area contributed by atoms with Crippen molar-refractivity contribution in [1.82, 2.24) is 15.5 Å². The van der Waals surface area contributed by atoms with Crippen molar-refractivity contribution < 1.29 is 0 Å². The summed E-state index contributed by atoms with van der Waals surface area (Å²) in [6, 6.07) is 9.36. The Labute approximate surface area is 182 Å². The zero-order valence-electron chi connectivity index (χ0n) is 18.7. The van der Waals surface area contributed by atoms with Gasteiger partial charge in [0, 0.05) is 58.0 Å². The van der Waals surface area contributed by atoms with E-state index in [1.54, 1.807) is 0 Å². The molecule has 1 saturated heterocycles. The molecule has 0 atom stereocenters. The van der Waals surface area contributed by atoms with Crippen LogP contribution in [0.1, 0.15) is 50.5 Å². The van der Waals surface area contributed by atoms with E-state index in [0.717, 1.165) is 31.5 Å². The average Bonchev–Trinajstić information content (AvgIpc) is 3.34. The third kappa shape index (κ3) is 6.00. The lowest BCUT2D eigenvalue weighted by Gasteiger charge is -2.36. The first-order valence-electron chi connectivity index (χ1n) is 12.0. The molecule has 1 aromatic rings. The van der Waals surface area contributed by atoms with Gasteiger partial charge >= 0.3 is 0 Å². The highest BCUT2D eigenvalue weighted by Gasteiger charge is 2.23. The molecule has 0 aromatic heterocycles. The van der Waals surface area contributed by atoms with Crippen LogP contribution in [0.2, 0.25) is 0 Å². The van der Waals surface area contributed by atoms with Gasteiger partial charge in [-0.1, -0.05) is 43.5 Å². The van der Waals surface area contributed by atoms with E-state index in [1.165, 1.54) is 75.8 Å². The van der Waals surface area contributed by atoms with Crippen LogP contribution in [0.15, 0.2) is 41.4 Å². The first kappa shape index (κ1) is 21.2. The standard InChI is InChI=1S/C25H39N5/c1-26-25(27-19-22-10-7-11-24(18-22)30-14-5-6-15-30)28-23-12-16-29(17-13-23)20-21-8-3-2-4-9-21/h5-7,10-11,18,21,23H,2-4,8-9,12-17,19-20H2,1H3,(H2,26,27,28). The number of benzene rings is 1. The predicted octanol–water partition coefficient (Wildman–Crippen LogP) is 3.77. The normalized spacial score (nSPS) is 21.9. The monoisotopic (exact) mass is 409 g/mol. The third-order valence-electron chi connectivity index (χ3n) is 6.95. The molecule has 0 unspecified atom stereocenters. The molecule has 1 aliphatic carbocycles. The largest absolute Gasteiger partial charge is 0.364 e. The van der Waals surface area contributed by atoms with E-state index in [0.29, 0.717) is 6.04 Å². The number of hydrogen-bond donors (Lipinski definition) is 2. The van der Waals surface area contributed by atoms with Crippen LogP contribution in [0, 0.1) is 5.92 Å². The van der Waals surface area contributed by atoms with Crippen LogP contribution < -0.4 is 15.5 Å². The molecular formula is C25H39N5. The number of hydrogen-bond acceptors (Lipinski definition) is 3. The highest BCUT2D eigenvalue weighted by atomic mass is 15.2. The van der Waals surface area contributed by atoms with Crippen molar-refractivity contribution in [3.05, 3.63) is 42.0 Å². The minimum atomic E-state index is 0.529. The predicted molar refractivity (Wildman–Crippen MR) is 127 cm³/mol. The first-order chi connectivity index (χ1) is 14.8. The average molecular weight is 410 g/mol. The van der Waals surface area contributed by atoms with Crippen molar-refractivity contribution in [3.8, 4) is 0 Å². The molecule has 2 aliphatic heterocycles. The molecule has 164 valence electrons. The Hall–Kier alpha value is -2.01. The van der Waals surface area contributed by atoms with Crippen molar-refractivity contribution in [2.24, 2.45) is 10.9 Å². The lowest BCUT2D eigenvalue weighted by atomic mass is 9.88. The van der Waals surface area contributed by atoms with Gasteiger partial charge in [-0.05, 0) is 49.3 Å². The Bertz CT molecular complexity index is 706. The lowest BCUT2D eigenvalue weighted by molar-refractivity contribution is 0.160. The second kappa shape index (κ2) is 10.9. The molecule has 3 aliphatic rings. The third-order valence-corrected chi connectivity index (χ3v) is 6.95. The molecule has 2 heterocycles.